The summed E-state index contributed by atoms with van der Waals surface area (Å²) in [7, 11) is 0. The predicted octanol–water partition coefficient (Wildman–Crippen LogP) is 1.42. The van der Waals surface area contributed by atoms with Gasteiger partial charge in [0.25, 0.3) is 0 Å². The van der Waals surface area contributed by atoms with E-state index in [-0.39, 0.29) is 6.10 Å². The lowest BCUT2D eigenvalue weighted by molar-refractivity contribution is 0.169. The lowest BCUT2D eigenvalue weighted by Crippen LogP contribution is -2.14. The summed E-state index contributed by atoms with van der Waals surface area (Å²) >= 11 is 0. The highest BCUT2D eigenvalue weighted by Crippen LogP contribution is 2.34. The van der Waals surface area contributed by atoms with E-state index in [9.17, 15) is 5.11 Å². The topological polar surface area (TPSA) is 23.2 Å². The quantitative estimate of drug-likeness (QED) is 0.706. The Hall–Kier alpha value is -0.860. The van der Waals surface area contributed by atoms with Crippen LogP contribution in [0.5, 0.6) is 0 Å². The van der Waals surface area contributed by atoms with Crippen LogP contribution in [0.2, 0.25) is 0 Å². The molecule has 1 aliphatic rings. The fourth-order valence-corrected chi connectivity index (χ4v) is 1.71. The van der Waals surface area contributed by atoms with E-state index in [1.165, 1.54) is 5.56 Å². The second kappa shape index (κ2) is 3.48. The van der Waals surface area contributed by atoms with E-state index in [4.69, 9.17) is 0 Å². The van der Waals surface area contributed by atoms with Crippen LogP contribution in [0, 0.1) is 0 Å². The molecule has 0 bridgehead atoms. The number of β-amino-alcohol motifs (C(OH)–C–C–N with tert-alkyl or cyclic N) is 1. The Labute approximate surface area is 78.8 Å². The lowest BCUT2D eigenvalue weighted by atomic mass is 10.2. The Balaban J connectivity index is 1.93. The van der Waals surface area contributed by atoms with Gasteiger partial charge < -0.3 is 5.11 Å². The summed E-state index contributed by atoms with van der Waals surface area (Å²) in [4.78, 5) is 2.28. The van der Waals surface area contributed by atoms with Gasteiger partial charge in [-0.05, 0) is 12.5 Å². The summed E-state index contributed by atoms with van der Waals surface area (Å²) in [6.45, 7) is 3.72. The molecule has 1 N–H and O–H groups in total. The van der Waals surface area contributed by atoms with Crippen LogP contribution in [0.25, 0.3) is 0 Å². The molecule has 0 aliphatic carbocycles. The van der Waals surface area contributed by atoms with Crippen LogP contribution in [0.15, 0.2) is 30.3 Å². The van der Waals surface area contributed by atoms with Crippen molar-refractivity contribution in [2.45, 2.75) is 19.1 Å². The van der Waals surface area contributed by atoms with Crippen molar-refractivity contribution in [3.05, 3.63) is 35.9 Å². The minimum Gasteiger partial charge on any atom is -0.392 e. The fourth-order valence-electron chi connectivity index (χ4n) is 1.71. The van der Waals surface area contributed by atoms with Gasteiger partial charge in [0.1, 0.15) is 0 Å². The van der Waals surface area contributed by atoms with E-state index >= 15 is 0 Å². The van der Waals surface area contributed by atoms with E-state index in [1.54, 1.807) is 0 Å². The molecular weight excluding hydrogens is 162 g/mol. The number of nitrogens with zero attached hydrogens (tertiary/aromatic N) is 1. The van der Waals surface area contributed by atoms with Crippen molar-refractivity contribution in [2.24, 2.45) is 0 Å². The highest BCUT2D eigenvalue weighted by atomic mass is 16.3. The SMILES string of the molecule is CC(O)CN1CC1c1ccccc1. The summed E-state index contributed by atoms with van der Waals surface area (Å²) in [6.07, 6.45) is -0.214. The van der Waals surface area contributed by atoms with Gasteiger partial charge in [-0.25, -0.2) is 0 Å². The molecule has 1 aromatic carbocycles. The molecule has 0 amide bonds. The summed E-state index contributed by atoms with van der Waals surface area (Å²) in [6, 6.07) is 11.0. The van der Waals surface area contributed by atoms with Gasteiger partial charge in [0.2, 0.25) is 0 Å². The highest BCUT2D eigenvalue weighted by molar-refractivity contribution is 5.23. The third-order valence-corrected chi connectivity index (χ3v) is 2.40. The van der Waals surface area contributed by atoms with Crippen molar-refractivity contribution in [1.29, 1.82) is 0 Å². The van der Waals surface area contributed by atoms with Gasteiger partial charge in [0.05, 0.1) is 6.10 Å². The standard InChI is InChI=1S/C11H15NO/c1-9(13)7-12-8-11(12)10-5-3-2-4-6-10/h2-6,9,11,13H,7-8H2,1H3. The molecule has 1 aliphatic heterocycles. The number of aliphatic hydroxyl groups is 1. The number of hydrogen-bond acceptors (Lipinski definition) is 2. The Morgan fingerprint density at radius 2 is 2.15 bits per heavy atom. The van der Waals surface area contributed by atoms with Gasteiger partial charge in [-0.2, -0.15) is 0 Å². The van der Waals surface area contributed by atoms with E-state index in [0.717, 1.165) is 13.1 Å². The monoisotopic (exact) mass is 177 g/mol. The largest absolute Gasteiger partial charge is 0.392 e. The molecule has 13 heavy (non-hydrogen) atoms. The Morgan fingerprint density at radius 3 is 2.77 bits per heavy atom. The van der Waals surface area contributed by atoms with Crippen LogP contribution in [-0.4, -0.2) is 29.2 Å². The van der Waals surface area contributed by atoms with Gasteiger partial charge in [-0.15, -0.1) is 0 Å². The zero-order chi connectivity index (χ0) is 9.26. The lowest BCUT2D eigenvalue weighted by Gasteiger charge is -2.05. The Bertz CT molecular complexity index is 271. The van der Waals surface area contributed by atoms with Crippen LogP contribution >= 0.6 is 0 Å². The minimum atomic E-state index is -0.214. The van der Waals surface area contributed by atoms with Crippen molar-refractivity contribution in [3.63, 3.8) is 0 Å². The molecule has 0 spiro atoms. The van der Waals surface area contributed by atoms with E-state index in [2.05, 4.69) is 29.2 Å². The maximum absolute atomic E-state index is 9.19. The molecule has 2 rings (SSSR count). The summed E-state index contributed by atoms with van der Waals surface area (Å²) < 4.78 is 0. The van der Waals surface area contributed by atoms with Crippen LogP contribution in [-0.2, 0) is 0 Å². The molecule has 2 heteroatoms. The van der Waals surface area contributed by atoms with Gasteiger partial charge in [-0.1, -0.05) is 30.3 Å². The summed E-state index contributed by atoms with van der Waals surface area (Å²) in [5.41, 5.74) is 1.36. The zero-order valence-corrected chi connectivity index (χ0v) is 7.85. The first-order chi connectivity index (χ1) is 6.27. The molecule has 3 atom stereocenters. The third kappa shape index (κ3) is 2.08. The normalized spacial score (nSPS) is 28.5. The zero-order valence-electron chi connectivity index (χ0n) is 7.85. The second-order valence-corrected chi connectivity index (χ2v) is 3.73. The highest BCUT2D eigenvalue weighted by Gasteiger charge is 2.35. The molecule has 3 unspecified atom stereocenters. The van der Waals surface area contributed by atoms with Crippen LogP contribution in [0.4, 0.5) is 0 Å². The summed E-state index contributed by atoms with van der Waals surface area (Å²) in [5.74, 6) is 0. The molecule has 0 saturated carbocycles. The third-order valence-electron chi connectivity index (χ3n) is 2.40. The smallest absolute Gasteiger partial charge is 0.0639 e. The van der Waals surface area contributed by atoms with Crippen LogP contribution in [0.1, 0.15) is 18.5 Å². The van der Waals surface area contributed by atoms with Gasteiger partial charge in [-0.3, -0.25) is 4.90 Å². The second-order valence-electron chi connectivity index (χ2n) is 3.73. The minimum absolute atomic E-state index is 0.214. The maximum Gasteiger partial charge on any atom is 0.0639 e. The molecule has 70 valence electrons. The predicted molar refractivity (Wildman–Crippen MR) is 52.4 cm³/mol. The molecule has 1 fully saturated rings. The van der Waals surface area contributed by atoms with E-state index in [1.807, 2.05) is 13.0 Å². The van der Waals surface area contributed by atoms with E-state index < -0.39 is 0 Å². The van der Waals surface area contributed by atoms with Crippen molar-refractivity contribution in [1.82, 2.24) is 4.90 Å². The number of hydrogen-bond donors (Lipinski definition) is 1. The van der Waals surface area contributed by atoms with Crippen molar-refractivity contribution >= 4 is 0 Å². The average molecular weight is 177 g/mol. The fraction of sp³-hybridized carbons (Fsp3) is 0.455. The first-order valence-electron chi connectivity index (χ1n) is 4.74. The van der Waals surface area contributed by atoms with Crippen molar-refractivity contribution < 1.29 is 5.11 Å². The Kier molecular flexibility index (Phi) is 2.34. The molecule has 2 nitrogen and oxygen atoms in total. The number of aliphatic hydroxyl groups excluding tert-OH is 1. The number of rotatable bonds is 3. The number of benzene rings is 1. The molecule has 1 heterocycles. The molecule has 0 aromatic heterocycles. The first kappa shape index (κ1) is 8.73. The van der Waals surface area contributed by atoms with Crippen molar-refractivity contribution in [2.75, 3.05) is 13.1 Å². The van der Waals surface area contributed by atoms with Gasteiger partial charge in [0, 0.05) is 19.1 Å². The average Bonchev–Trinajstić information content (AvgIpc) is 2.84. The van der Waals surface area contributed by atoms with Crippen LogP contribution < -0.4 is 0 Å². The molecular formula is C11H15NO. The van der Waals surface area contributed by atoms with E-state index in [0.29, 0.717) is 6.04 Å². The van der Waals surface area contributed by atoms with Crippen LogP contribution in [0.3, 0.4) is 0 Å². The first-order valence-corrected chi connectivity index (χ1v) is 4.74. The molecule has 1 saturated heterocycles. The summed E-state index contributed by atoms with van der Waals surface area (Å²) in [5, 5.41) is 9.19. The van der Waals surface area contributed by atoms with Gasteiger partial charge >= 0.3 is 0 Å². The maximum atomic E-state index is 9.19. The molecule has 0 radical (unpaired) electrons. The molecule has 1 aromatic rings. The Morgan fingerprint density at radius 1 is 1.46 bits per heavy atom. The van der Waals surface area contributed by atoms with Gasteiger partial charge in [0.15, 0.2) is 0 Å². The van der Waals surface area contributed by atoms with Crippen molar-refractivity contribution in [3.8, 4) is 0 Å².